The molecule has 0 radical (unpaired) electrons. The van der Waals surface area contributed by atoms with Gasteiger partial charge in [-0.25, -0.2) is 8.42 Å². The van der Waals surface area contributed by atoms with Gasteiger partial charge in [-0.2, -0.15) is 8.78 Å². The Bertz CT molecular complexity index is 864. The lowest BCUT2D eigenvalue weighted by molar-refractivity contribution is 0.0785. The summed E-state index contributed by atoms with van der Waals surface area (Å²) in [7, 11) is 0.822. The van der Waals surface area contributed by atoms with Crippen LogP contribution in [0.25, 0.3) is 0 Å². The van der Waals surface area contributed by atoms with E-state index in [2.05, 4.69) is 0 Å². The van der Waals surface area contributed by atoms with Crippen molar-refractivity contribution in [2.75, 3.05) is 26.0 Å². The molecule has 0 heterocycles. The van der Waals surface area contributed by atoms with Crippen LogP contribution in [-0.4, -0.2) is 46.1 Å². The van der Waals surface area contributed by atoms with Gasteiger partial charge in [0.05, 0.1) is 4.90 Å². The summed E-state index contributed by atoms with van der Waals surface area (Å²) >= 11 is 0. The first kappa shape index (κ1) is 19.8. The fourth-order valence-electron chi connectivity index (χ4n) is 2.36. The molecule has 140 valence electrons. The SMILES string of the molecule is CN(Cc1ccc(N(C)C)cc1)C(=O)c1ccc(S(=O)(=O)C(F)F)cc1. The van der Waals surface area contributed by atoms with E-state index < -0.39 is 20.5 Å². The molecule has 0 aliphatic carbocycles. The Morgan fingerprint density at radius 2 is 1.50 bits per heavy atom. The molecule has 0 spiro atoms. The summed E-state index contributed by atoms with van der Waals surface area (Å²) in [5.74, 6) is -3.82. The van der Waals surface area contributed by atoms with Crippen LogP contribution in [0, 0.1) is 0 Å². The maximum atomic E-state index is 12.5. The van der Waals surface area contributed by atoms with Gasteiger partial charge in [-0.05, 0) is 42.0 Å². The van der Waals surface area contributed by atoms with Gasteiger partial charge in [0.25, 0.3) is 5.91 Å². The molecule has 0 saturated heterocycles. The molecular weight excluding hydrogens is 362 g/mol. The van der Waals surface area contributed by atoms with Gasteiger partial charge in [0.15, 0.2) is 0 Å². The number of sulfone groups is 1. The highest BCUT2D eigenvalue weighted by atomic mass is 32.2. The van der Waals surface area contributed by atoms with Crippen LogP contribution in [0.15, 0.2) is 53.4 Å². The Morgan fingerprint density at radius 3 is 1.96 bits per heavy atom. The number of amides is 1. The number of halogens is 2. The largest absolute Gasteiger partial charge is 0.378 e. The normalized spacial score (nSPS) is 11.5. The van der Waals surface area contributed by atoms with Crippen LogP contribution in [0.5, 0.6) is 0 Å². The van der Waals surface area contributed by atoms with E-state index >= 15 is 0 Å². The van der Waals surface area contributed by atoms with Crippen molar-refractivity contribution in [1.82, 2.24) is 4.90 Å². The summed E-state index contributed by atoms with van der Waals surface area (Å²) in [6, 6.07) is 12.2. The van der Waals surface area contributed by atoms with E-state index in [9.17, 15) is 22.0 Å². The second-order valence-corrected chi connectivity index (χ2v) is 7.97. The molecule has 0 unspecified atom stereocenters. The number of rotatable bonds is 6. The van der Waals surface area contributed by atoms with E-state index in [4.69, 9.17) is 0 Å². The molecule has 0 atom stereocenters. The Kier molecular flexibility index (Phi) is 5.97. The Labute approximate surface area is 151 Å². The third-order valence-electron chi connectivity index (χ3n) is 3.88. The molecule has 0 saturated carbocycles. The van der Waals surface area contributed by atoms with Crippen molar-refractivity contribution in [3.05, 3.63) is 59.7 Å². The molecule has 0 bridgehead atoms. The molecule has 0 aliphatic heterocycles. The van der Waals surface area contributed by atoms with Crippen molar-refractivity contribution in [2.45, 2.75) is 17.2 Å². The van der Waals surface area contributed by atoms with E-state index in [1.54, 1.807) is 7.05 Å². The molecule has 26 heavy (non-hydrogen) atoms. The van der Waals surface area contributed by atoms with Crippen LogP contribution in [0.2, 0.25) is 0 Å². The third kappa shape index (κ3) is 4.37. The number of hydrogen-bond donors (Lipinski definition) is 0. The highest BCUT2D eigenvalue weighted by Gasteiger charge is 2.26. The zero-order valence-electron chi connectivity index (χ0n) is 14.7. The molecule has 0 aromatic heterocycles. The van der Waals surface area contributed by atoms with Crippen LogP contribution in [0.4, 0.5) is 14.5 Å². The van der Waals surface area contributed by atoms with Crippen LogP contribution in [0.1, 0.15) is 15.9 Å². The van der Waals surface area contributed by atoms with E-state index in [-0.39, 0.29) is 11.5 Å². The minimum absolute atomic E-state index is 0.227. The number of alkyl halides is 2. The van der Waals surface area contributed by atoms with Crippen molar-refractivity contribution in [3.63, 3.8) is 0 Å². The van der Waals surface area contributed by atoms with Gasteiger partial charge in [0.2, 0.25) is 9.84 Å². The van der Waals surface area contributed by atoms with Crippen LogP contribution < -0.4 is 4.90 Å². The van der Waals surface area contributed by atoms with E-state index in [0.717, 1.165) is 23.4 Å². The Morgan fingerprint density at radius 1 is 0.962 bits per heavy atom. The lowest BCUT2D eigenvalue weighted by Gasteiger charge is -2.18. The third-order valence-corrected chi connectivity index (χ3v) is 5.28. The second-order valence-electron chi connectivity index (χ2n) is 6.05. The molecule has 0 aliphatic rings. The van der Waals surface area contributed by atoms with E-state index in [0.29, 0.717) is 6.54 Å². The summed E-state index contributed by atoms with van der Waals surface area (Å²) in [6.07, 6.45) is 0. The van der Waals surface area contributed by atoms with Gasteiger partial charge in [-0.1, -0.05) is 12.1 Å². The lowest BCUT2D eigenvalue weighted by atomic mass is 10.1. The molecule has 1 amide bonds. The summed E-state index contributed by atoms with van der Waals surface area (Å²) in [4.78, 5) is 15.4. The first-order chi connectivity index (χ1) is 12.1. The van der Waals surface area contributed by atoms with Crippen molar-refractivity contribution < 1.29 is 22.0 Å². The highest BCUT2D eigenvalue weighted by molar-refractivity contribution is 7.91. The molecule has 8 heteroatoms. The van der Waals surface area contributed by atoms with Crippen LogP contribution in [-0.2, 0) is 16.4 Å². The van der Waals surface area contributed by atoms with Gasteiger partial charge in [-0.15, -0.1) is 0 Å². The highest BCUT2D eigenvalue weighted by Crippen LogP contribution is 2.19. The maximum absolute atomic E-state index is 12.5. The maximum Gasteiger partial charge on any atom is 0.341 e. The quantitative estimate of drug-likeness (QED) is 0.771. The Balaban J connectivity index is 2.10. The van der Waals surface area contributed by atoms with Crippen molar-refractivity contribution >= 4 is 21.4 Å². The average Bonchev–Trinajstić information content (AvgIpc) is 2.61. The number of benzene rings is 2. The van der Waals surface area contributed by atoms with Crippen LogP contribution in [0.3, 0.4) is 0 Å². The Hall–Kier alpha value is -2.48. The molecular formula is C18H20F2N2O3S. The summed E-state index contributed by atoms with van der Waals surface area (Å²) < 4.78 is 47.9. The number of carbonyl (C=O) groups excluding carboxylic acids is 1. The lowest BCUT2D eigenvalue weighted by Crippen LogP contribution is -2.26. The minimum Gasteiger partial charge on any atom is -0.378 e. The van der Waals surface area contributed by atoms with E-state index in [1.165, 1.54) is 17.0 Å². The number of carbonyl (C=O) groups is 1. The molecule has 0 N–H and O–H groups in total. The van der Waals surface area contributed by atoms with Crippen molar-refractivity contribution in [2.24, 2.45) is 0 Å². The van der Waals surface area contributed by atoms with Crippen molar-refractivity contribution in [3.8, 4) is 0 Å². The fraction of sp³-hybridized carbons (Fsp3) is 0.278. The van der Waals surface area contributed by atoms with Gasteiger partial charge in [0, 0.05) is 38.9 Å². The second kappa shape index (κ2) is 7.82. The van der Waals surface area contributed by atoms with Gasteiger partial charge < -0.3 is 9.80 Å². The number of anilines is 1. The zero-order valence-corrected chi connectivity index (χ0v) is 15.5. The summed E-state index contributed by atoms with van der Waals surface area (Å²) in [5, 5.41) is 0. The summed E-state index contributed by atoms with van der Waals surface area (Å²) in [5.41, 5.74) is 2.20. The minimum atomic E-state index is -4.66. The zero-order chi connectivity index (χ0) is 19.5. The smallest absolute Gasteiger partial charge is 0.341 e. The number of hydrogen-bond acceptors (Lipinski definition) is 4. The molecule has 5 nitrogen and oxygen atoms in total. The van der Waals surface area contributed by atoms with Crippen molar-refractivity contribution in [1.29, 1.82) is 0 Å². The van der Waals surface area contributed by atoms with Gasteiger partial charge in [-0.3, -0.25) is 4.79 Å². The predicted octanol–water partition coefficient (Wildman–Crippen LogP) is 3.02. The fourth-order valence-corrected chi connectivity index (χ4v) is 3.08. The molecule has 2 rings (SSSR count). The first-order valence-electron chi connectivity index (χ1n) is 7.77. The monoisotopic (exact) mass is 382 g/mol. The standard InChI is InChI=1S/C18H20F2N2O3S/c1-21(2)15-8-4-13(5-9-15)12-22(3)17(23)14-6-10-16(11-7-14)26(24,25)18(19)20/h4-11,18H,12H2,1-3H3. The molecule has 2 aromatic carbocycles. The molecule has 0 fully saturated rings. The van der Waals surface area contributed by atoms with E-state index in [1.807, 2.05) is 43.3 Å². The predicted molar refractivity (Wildman–Crippen MR) is 96.2 cm³/mol. The topological polar surface area (TPSA) is 57.7 Å². The van der Waals surface area contributed by atoms with Crippen LogP contribution >= 0.6 is 0 Å². The van der Waals surface area contributed by atoms with Gasteiger partial charge in [0.1, 0.15) is 0 Å². The average molecular weight is 382 g/mol. The summed E-state index contributed by atoms with van der Waals surface area (Å²) in [6.45, 7) is 0.365. The number of nitrogens with zero attached hydrogens (tertiary/aromatic N) is 2. The first-order valence-corrected chi connectivity index (χ1v) is 9.31. The van der Waals surface area contributed by atoms with Gasteiger partial charge >= 0.3 is 5.76 Å². The molecule has 2 aromatic rings.